The molecule has 0 N–H and O–H groups in total. The van der Waals surface area contributed by atoms with Crippen LogP contribution in [-0.2, 0) is 0 Å². The van der Waals surface area contributed by atoms with Crippen LogP contribution in [0.25, 0.3) is 6.08 Å². The van der Waals surface area contributed by atoms with Crippen LogP contribution in [0, 0.1) is 5.21 Å². The van der Waals surface area contributed by atoms with Gasteiger partial charge in [-0.2, -0.15) is 4.73 Å². The molecule has 0 unspecified atom stereocenters. The summed E-state index contributed by atoms with van der Waals surface area (Å²) >= 11 is 0. The van der Waals surface area contributed by atoms with Crippen molar-refractivity contribution in [2.75, 3.05) is 7.11 Å². The smallest absolute Gasteiger partial charge is 0.191 e. The Morgan fingerprint density at radius 1 is 1.26 bits per heavy atom. The molecule has 0 saturated heterocycles. The third-order valence-corrected chi connectivity index (χ3v) is 2.60. The highest BCUT2D eigenvalue weighted by Crippen LogP contribution is 2.12. The number of hydrogen-bond donors (Lipinski definition) is 0. The summed E-state index contributed by atoms with van der Waals surface area (Å²) in [5, 5.41) is 11.1. The molecular formula is C15H13NO3. The molecule has 0 aliphatic carbocycles. The molecule has 1 aromatic heterocycles. The lowest BCUT2D eigenvalue weighted by molar-refractivity contribution is -0.605. The molecule has 0 aliphatic rings. The zero-order valence-electron chi connectivity index (χ0n) is 10.4. The van der Waals surface area contributed by atoms with Gasteiger partial charge >= 0.3 is 0 Å². The third-order valence-electron chi connectivity index (χ3n) is 2.60. The van der Waals surface area contributed by atoms with Crippen molar-refractivity contribution in [3.63, 3.8) is 0 Å². The Balaban J connectivity index is 2.11. The van der Waals surface area contributed by atoms with E-state index in [1.54, 1.807) is 25.3 Å². The van der Waals surface area contributed by atoms with Crippen LogP contribution in [-0.4, -0.2) is 12.9 Å². The summed E-state index contributed by atoms with van der Waals surface area (Å²) in [7, 11) is 1.60. The molecule has 2 rings (SSSR count). The molecular weight excluding hydrogens is 242 g/mol. The van der Waals surface area contributed by atoms with Gasteiger partial charge in [-0.3, -0.25) is 4.79 Å². The Labute approximate surface area is 111 Å². The molecule has 0 saturated carbocycles. The lowest BCUT2D eigenvalue weighted by Gasteiger charge is -1.99. The van der Waals surface area contributed by atoms with Crippen LogP contribution >= 0.6 is 0 Å². The van der Waals surface area contributed by atoms with Crippen LogP contribution in [0.15, 0.2) is 54.9 Å². The number of allylic oxidation sites excluding steroid dienone is 1. The standard InChI is InChI=1S/C15H13NO3/c1-19-14-7-4-12(5-8-14)6-9-15(17)13-3-2-10-16(18)11-13/h2-11H,1H3. The fourth-order valence-corrected chi connectivity index (χ4v) is 1.58. The van der Waals surface area contributed by atoms with E-state index in [0.717, 1.165) is 11.3 Å². The molecule has 0 amide bonds. The number of pyridine rings is 1. The highest BCUT2D eigenvalue weighted by atomic mass is 16.5. The molecule has 0 bridgehead atoms. The van der Waals surface area contributed by atoms with Gasteiger partial charge < -0.3 is 9.94 Å². The highest BCUT2D eigenvalue weighted by Gasteiger charge is 2.04. The van der Waals surface area contributed by atoms with Gasteiger partial charge in [-0.25, -0.2) is 0 Å². The second-order valence-electron chi connectivity index (χ2n) is 3.92. The zero-order valence-corrected chi connectivity index (χ0v) is 10.4. The number of aromatic nitrogens is 1. The van der Waals surface area contributed by atoms with Crippen molar-refractivity contribution in [1.29, 1.82) is 0 Å². The van der Waals surface area contributed by atoms with E-state index in [1.165, 1.54) is 18.5 Å². The molecule has 0 atom stereocenters. The van der Waals surface area contributed by atoms with E-state index in [-0.39, 0.29) is 5.78 Å². The van der Waals surface area contributed by atoms with E-state index < -0.39 is 0 Å². The minimum absolute atomic E-state index is 0.207. The van der Waals surface area contributed by atoms with Gasteiger partial charge in [-0.05, 0) is 29.8 Å². The summed E-state index contributed by atoms with van der Waals surface area (Å²) in [4.78, 5) is 11.8. The molecule has 0 aliphatic heterocycles. The minimum atomic E-state index is -0.207. The number of ketones is 1. The first-order chi connectivity index (χ1) is 9.19. The van der Waals surface area contributed by atoms with Crippen molar-refractivity contribution in [2.24, 2.45) is 0 Å². The van der Waals surface area contributed by atoms with Crippen LogP contribution in [0.3, 0.4) is 0 Å². The monoisotopic (exact) mass is 255 g/mol. The van der Waals surface area contributed by atoms with Gasteiger partial charge in [0.2, 0.25) is 0 Å². The maximum atomic E-state index is 11.8. The predicted molar refractivity (Wildman–Crippen MR) is 71.8 cm³/mol. The van der Waals surface area contributed by atoms with E-state index in [2.05, 4.69) is 0 Å². The van der Waals surface area contributed by atoms with Crippen molar-refractivity contribution >= 4 is 11.9 Å². The summed E-state index contributed by atoms with van der Waals surface area (Å²) in [6, 6.07) is 10.5. The van der Waals surface area contributed by atoms with Gasteiger partial charge in [0, 0.05) is 6.07 Å². The second-order valence-corrected chi connectivity index (χ2v) is 3.92. The Hall–Kier alpha value is -2.62. The number of carbonyl (C=O) groups excluding carboxylic acids is 1. The van der Waals surface area contributed by atoms with Crippen molar-refractivity contribution in [3.05, 3.63) is 71.2 Å². The number of nitrogens with zero attached hydrogens (tertiary/aromatic N) is 1. The molecule has 2 aromatic rings. The molecule has 4 heteroatoms. The second kappa shape index (κ2) is 5.82. The van der Waals surface area contributed by atoms with Crippen LogP contribution < -0.4 is 9.47 Å². The molecule has 0 radical (unpaired) electrons. The molecule has 4 nitrogen and oxygen atoms in total. The van der Waals surface area contributed by atoms with Gasteiger partial charge in [0.1, 0.15) is 5.75 Å². The van der Waals surface area contributed by atoms with Crippen molar-refractivity contribution < 1.29 is 14.3 Å². The Bertz CT molecular complexity index is 603. The molecule has 19 heavy (non-hydrogen) atoms. The molecule has 0 spiro atoms. The zero-order chi connectivity index (χ0) is 13.7. The van der Waals surface area contributed by atoms with Crippen molar-refractivity contribution in [2.45, 2.75) is 0 Å². The maximum Gasteiger partial charge on any atom is 0.191 e. The Morgan fingerprint density at radius 2 is 2.00 bits per heavy atom. The first-order valence-corrected chi connectivity index (χ1v) is 5.74. The predicted octanol–water partition coefficient (Wildman–Crippen LogP) is 2.22. The number of rotatable bonds is 4. The number of benzene rings is 1. The van der Waals surface area contributed by atoms with E-state index in [9.17, 15) is 10.0 Å². The summed E-state index contributed by atoms with van der Waals surface area (Å²) in [5.74, 6) is 0.556. The van der Waals surface area contributed by atoms with Gasteiger partial charge in [0.25, 0.3) is 0 Å². The number of hydrogen-bond acceptors (Lipinski definition) is 3. The van der Waals surface area contributed by atoms with E-state index in [4.69, 9.17) is 4.74 Å². The van der Waals surface area contributed by atoms with E-state index in [1.807, 2.05) is 24.3 Å². The summed E-state index contributed by atoms with van der Waals surface area (Å²) in [6.45, 7) is 0. The lowest BCUT2D eigenvalue weighted by Crippen LogP contribution is -2.25. The van der Waals surface area contributed by atoms with Gasteiger partial charge in [-0.1, -0.05) is 18.2 Å². The number of methoxy groups -OCH3 is 1. The van der Waals surface area contributed by atoms with Crippen LogP contribution in [0.2, 0.25) is 0 Å². The van der Waals surface area contributed by atoms with Crippen LogP contribution in [0.5, 0.6) is 5.75 Å². The first-order valence-electron chi connectivity index (χ1n) is 5.74. The molecule has 96 valence electrons. The maximum absolute atomic E-state index is 11.8. The van der Waals surface area contributed by atoms with E-state index >= 15 is 0 Å². The number of carbonyl (C=O) groups is 1. The lowest BCUT2D eigenvalue weighted by atomic mass is 10.1. The SMILES string of the molecule is COc1ccc(C=CC(=O)c2ccc[n+]([O-])c2)cc1. The topological polar surface area (TPSA) is 53.2 Å². The van der Waals surface area contributed by atoms with Crippen LogP contribution in [0.1, 0.15) is 15.9 Å². The highest BCUT2D eigenvalue weighted by molar-refractivity contribution is 6.06. The average Bonchev–Trinajstić information content (AvgIpc) is 2.45. The average molecular weight is 255 g/mol. The summed E-state index contributed by atoms with van der Waals surface area (Å²) in [6.07, 6.45) is 5.73. The quantitative estimate of drug-likeness (QED) is 0.364. The molecule has 1 aromatic carbocycles. The van der Waals surface area contributed by atoms with Gasteiger partial charge in [0.05, 0.1) is 12.7 Å². The number of ether oxygens (including phenoxy) is 1. The van der Waals surface area contributed by atoms with Gasteiger partial charge in [0.15, 0.2) is 18.2 Å². The van der Waals surface area contributed by atoms with Crippen molar-refractivity contribution in [3.8, 4) is 5.75 Å². The van der Waals surface area contributed by atoms with Crippen LogP contribution in [0.4, 0.5) is 0 Å². The summed E-state index contributed by atoms with van der Waals surface area (Å²) in [5.41, 5.74) is 1.25. The largest absolute Gasteiger partial charge is 0.619 e. The summed E-state index contributed by atoms with van der Waals surface area (Å²) < 4.78 is 5.65. The van der Waals surface area contributed by atoms with Crippen molar-refractivity contribution in [1.82, 2.24) is 0 Å². The molecule has 0 fully saturated rings. The minimum Gasteiger partial charge on any atom is -0.619 e. The first kappa shape index (κ1) is 12.8. The van der Waals surface area contributed by atoms with Gasteiger partial charge in [-0.15, -0.1) is 0 Å². The fourth-order valence-electron chi connectivity index (χ4n) is 1.58. The van der Waals surface area contributed by atoms with E-state index in [0.29, 0.717) is 10.3 Å². The Morgan fingerprint density at radius 3 is 2.63 bits per heavy atom. The molecule has 1 heterocycles. The Kier molecular flexibility index (Phi) is 3.93. The fraction of sp³-hybridized carbons (Fsp3) is 0.0667. The normalized spacial score (nSPS) is 10.6. The third kappa shape index (κ3) is 3.42.